The molecule has 0 saturated carbocycles. The lowest BCUT2D eigenvalue weighted by molar-refractivity contribution is -0.115. The van der Waals surface area contributed by atoms with Gasteiger partial charge in [-0.3, -0.25) is 4.79 Å². The fourth-order valence-corrected chi connectivity index (χ4v) is 3.14. The molecule has 98 valence electrons. The summed E-state index contributed by atoms with van der Waals surface area (Å²) in [6, 6.07) is 6.18. The zero-order valence-corrected chi connectivity index (χ0v) is 10.9. The number of nitrogens with one attached hydrogen (secondary N) is 2. The van der Waals surface area contributed by atoms with Crippen molar-refractivity contribution in [3.05, 3.63) is 30.1 Å². The van der Waals surface area contributed by atoms with Gasteiger partial charge in [-0.05, 0) is 30.7 Å². The van der Waals surface area contributed by atoms with Crippen molar-refractivity contribution in [2.24, 2.45) is 0 Å². The Kier molecular flexibility index (Phi) is 5.01. The van der Waals surface area contributed by atoms with Gasteiger partial charge in [-0.25, -0.2) is 4.39 Å². The first kappa shape index (κ1) is 13.4. The van der Waals surface area contributed by atoms with E-state index in [0.29, 0.717) is 5.25 Å². The van der Waals surface area contributed by atoms with Crippen LogP contribution in [0.3, 0.4) is 0 Å². The minimum absolute atomic E-state index is 0.205. The summed E-state index contributed by atoms with van der Waals surface area (Å²) < 4.78 is 13.3. The highest BCUT2D eigenvalue weighted by atomic mass is 32.2. The first-order valence-electron chi connectivity index (χ1n) is 6.12. The Morgan fingerprint density at radius 1 is 1.44 bits per heavy atom. The summed E-state index contributed by atoms with van der Waals surface area (Å²) in [5.74, 6) is 0.605. The van der Waals surface area contributed by atoms with Gasteiger partial charge in [0, 0.05) is 11.8 Å². The maximum atomic E-state index is 13.3. The van der Waals surface area contributed by atoms with Gasteiger partial charge >= 0.3 is 0 Å². The average Bonchev–Trinajstić information content (AvgIpc) is 2.85. The molecule has 1 aromatic carbocycles. The number of halogens is 1. The zero-order valence-electron chi connectivity index (χ0n) is 10.1. The van der Waals surface area contributed by atoms with Crippen LogP contribution in [-0.2, 0) is 4.79 Å². The van der Waals surface area contributed by atoms with E-state index in [2.05, 4.69) is 10.6 Å². The summed E-state index contributed by atoms with van der Waals surface area (Å²) in [6.45, 7) is 1.07. The number of carbonyl (C=O) groups excluding carboxylic acids is 1. The van der Waals surface area contributed by atoms with Crippen LogP contribution in [0.15, 0.2) is 24.3 Å². The van der Waals surface area contributed by atoms with Gasteiger partial charge < -0.3 is 10.6 Å². The number of para-hydroxylation sites is 1. The lowest BCUT2D eigenvalue weighted by atomic mass is 10.2. The predicted octanol–water partition coefficient (Wildman–Crippen LogP) is 2.25. The standard InChI is InChI=1S/C13H17FN2OS/c14-11-5-1-2-6-12(11)16-13(17)9-15-8-10-4-3-7-18-10/h1-2,5-6,10,15H,3-4,7-9H2,(H,16,17). The van der Waals surface area contributed by atoms with Gasteiger partial charge in [-0.1, -0.05) is 12.1 Å². The minimum Gasteiger partial charge on any atom is -0.322 e. The third-order valence-corrected chi connectivity index (χ3v) is 4.23. The third-order valence-electron chi connectivity index (χ3n) is 2.83. The van der Waals surface area contributed by atoms with Gasteiger partial charge in [0.2, 0.25) is 5.91 Å². The van der Waals surface area contributed by atoms with Crippen LogP contribution >= 0.6 is 11.8 Å². The number of anilines is 1. The van der Waals surface area contributed by atoms with E-state index in [1.165, 1.54) is 24.7 Å². The number of rotatable bonds is 5. The quantitative estimate of drug-likeness (QED) is 0.860. The molecule has 0 bridgehead atoms. The second kappa shape index (κ2) is 6.75. The van der Waals surface area contributed by atoms with E-state index in [0.717, 1.165) is 6.54 Å². The zero-order chi connectivity index (χ0) is 12.8. The Hall–Kier alpha value is -1.07. The van der Waals surface area contributed by atoms with E-state index >= 15 is 0 Å². The van der Waals surface area contributed by atoms with Gasteiger partial charge in [0.25, 0.3) is 0 Å². The summed E-state index contributed by atoms with van der Waals surface area (Å²) in [4.78, 5) is 11.6. The molecule has 1 amide bonds. The summed E-state index contributed by atoms with van der Waals surface area (Å²) in [5, 5.41) is 6.28. The Morgan fingerprint density at radius 2 is 2.28 bits per heavy atom. The molecule has 1 heterocycles. The SMILES string of the molecule is O=C(CNCC1CCCS1)Nc1ccccc1F. The molecule has 1 aromatic rings. The van der Waals surface area contributed by atoms with Crippen molar-refractivity contribution in [3.8, 4) is 0 Å². The molecule has 1 aliphatic rings. The van der Waals surface area contributed by atoms with Crippen LogP contribution in [0.1, 0.15) is 12.8 Å². The maximum absolute atomic E-state index is 13.3. The van der Waals surface area contributed by atoms with Crippen molar-refractivity contribution in [2.45, 2.75) is 18.1 Å². The van der Waals surface area contributed by atoms with Crippen LogP contribution in [0.25, 0.3) is 0 Å². The van der Waals surface area contributed by atoms with Gasteiger partial charge in [-0.2, -0.15) is 11.8 Å². The number of hydrogen-bond donors (Lipinski definition) is 2. The third kappa shape index (κ3) is 3.99. The molecule has 1 unspecified atom stereocenters. The maximum Gasteiger partial charge on any atom is 0.238 e. The second-order valence-corrected chi connectivity index (χ2v) is 5.70. The van der Waals surface area contributed by atoms with E-state index < -0.39 is 5.82 Å². The fraction of sp³-hybridized carbons (Fsp3) is 0.462. The Bertz CT molecular complexity index is 408. The number of benzene rings is 1. The van der Waals surface area contributed by atoms with E-state index in [4.69, 9.17) is 0 Å². The van der Waals surface area contributed by atoms with E-state index in [1.807, 2.05) is 11.8 Å². The normalized spacial score (nSPS) is 18.8. The molecular formula is C13H17FN2OS. The van der Waals surface area contributed by atoms with Crippen LogP contribution < -0.4 is 10.6 Å². The Balaban J connectivity index is 1.70. The fourth-order valence-electron chi connectivity index (χ4n) is 1.91. The van der Waals surface area contributed by atoms with Gasteiger partial charge in [-0.15, -0.1) is 0 Å². The molecule has 3 nitrogen and oxygen atoms in total. The van der Waals surface area contributed by atoms with Crippen LogP contribution in [0, 0.1) is 5.82 Å². The average molecular weight is 268 g/mol. The molecule has 5 heteroatoms. The molecule has 18 heavy (non-hydrogen) atoms. The largest absolute Gasteiger partial charge is 0.322 e. The molecule has 1 atom stereocenters. The highest BCUT2D eigenvalue weighted by Crippen LogP contribution is 2.25. The van der Waals surface area contributed by atoms with Gasteiger partial charge in [0.1, 0.15) is 5.82 Å². The van der Waals surface area contributed by atoms with Crippen LogP contribution in [-0.4, -0.2) is 30.0 Å². The Morgan fingerprint density at radius 3 is 3.00 bits per heavy atom. The lowest BCUT2D eigenvalue weighted by Gasteiger charge is -2.10. The first-order valence-corrected chi connectivity index (χ1v) is 7.17. The van der Waals surface area contributed by atoms with Crippen molar-refractivity contribution in [2.75, 3.05) is 24.2 Å². The molecule has 2 N–H and O–H groups in total. The van der Waals surface area contributed by atoms with Crippen LogP contribution in [0.5, 0.6) is 0 Å². The van der Waals surface area contributed by atoms with Crippen molar-refractivity contribution >= 4 is 23.4 Å². The van der Waals surface area contributed by atoms with Gasteiger partial charge in [0.15, 0.2) is 0 Å². The monoisotopic (exact) mass is 268 g/mol. The lowest BCUT2D eigenvalue weighted by Crippen LogP contribution is -2.32. The van der Waals surface area contributed by atoms with Crippen molar-refractivity contribution in [1.82, 2.24) is 5.32 Å². The summed E-state index contributed by atoms with van der Waals surface area (Å²) in [5.41, 5.74) is 0.236. The smallest absolute Gasteiger partial charge is 0.238 e. The van der Waals surface area contributed by atoms with Crippen LogP contribution in [0.2, 0.25) is 0 Å². The molecule has 1 aliphatic heterocycles. The molecule has 1 fully saturated rings. The molecule has 0 aliphatic carbocycles. The highest BCUT2D eigenvalue weighted by Gasteiger charge is 2.15. The minimum atomic E-state index is -0.405. The highest BCUT2D eigenvalue weighted by molar-refractivity contribution is 8.00. The van der Waals surface area contributed by atoms with E-state index in [9.17, 15) is 9.18 Å². The summed E-state index contributed by atoms with van der Waals surface area (Å²) in [6.07, 6.45) is 2.48. The summed E-state index contributed by atoms with van der Waals surface area (Å²) >= 11 is 1.95. The van der Waals surface area contributed by atoms with E-state index in [-0.39, 0.29) is 18.1 Å². The topological polar surface area (TPSA) is 41.1 Å². The molecule has 1 saturated heterocycles. The second-order valence-electron chi connectivity index (χ2n) is 4.29. The number of carbonyl (C=O) groups is 1. The molecule has 0 radical (unpaired) electrons. The summed E-state index contributed by atoms with van der Waals surface area (Å²) in [7, 11) is 0. The predicted molar refractivity (Wildman–Crippen MR) is 73.4 cm³/mol. The van der Waals surface area contributed by atoms with Crippen molar-refractivity contribution < 1.29 is 9.18 Å². The molecular weight excluding hydrogens is 251 g/mol. The van der Waals surface area contributed by atoms with Crippen molar-refractivity contribution in [3.63, 3.8) is 0 Å². The van der Waals surface area contributed by atoms with Crippen LogP contribution in [0.4, 0.5) is 10.1 Å². The van der Waals surface area contributed by atoms with Gasteiger partial charge in [0.05, 0.1) is 12.2 Å². The molecule has 0 spiro atoms. The first-order chi connectivity index (χ1) is 8.75. The number of thioether (sulfide) groups is 1. The number of amides is 1. The van der Waals surface area contributed by atoms with E-state index in [1.54, 1.807) is 18.2 Å². The van der Waals surface area contributed by atoms with Crippen molar-refractivity contribution in [1.29, 1.82) is 0 Å². The number of hydrogen-bond acceptors (Lipinski definition) is 3. The Labute approximate surface area is 111 Å². The molecule has 0 aromatic heterocycles. The molecule has 2 rings (SSSR count).